The van der Waals surface area contributed by atoms with E-state index in [0.29, 0.717) is 0 Å². The van der Waals surface area contributed by atoms with Gasteiger partial charge in [-0.15, -0.1) is 0 Å². The molecule has 6 heteroatoms. The van der Waals surface area contributed by atoms with E-state index in [4.69, 9.17) is 5.14 Å². The van der Waals surface area contributed by atoms with Crippen LogP contribution in [0.5, 0.6) is 0 Å². The monoisotopic (exact) mass is 211 g/mol. The maximum atomic E-state index is 11.0. The van der Waals surface area contributed by atoms with Gasteiger partial charge < -0.3 is 4.57 Å². The molecule has 0 fully saturated rings. The standard InChI is InChI=1S/C8H9N3O2S/c1-11-3-2-6-4-7(14(9,12)13)5-10-8(6)11/h2-5H,1H3,(H2,9,12,13). The first-order valence-corrected chi connectivity index (χ1v) is 5.47. The van der Waals surface area contributed by atoms with Crippen LogP contribution in [0.1, 0.15) is 0 Å². The van der Waals surface area contributed by atoms with Gasteiger partial charge in [0.15, 0.2) is 0 Å². The molecule has 14 heavy (non-hydrogen) atoms. The SMILES string of the molecule is Cn1ccc2cc(S(N)(=O)=O)cnc21. The Hall–Kier alpha value is -1.40. The van der Waals surface area contributed by atoms with Gasteiger partial charge in [-0.05, 0) is 12.1 Å². The van der Waals surface area contributed by atoms with E-state index in [1.54, 1.807) is 6.07 Å². The maximum Gasteiger partial charge on any atom is 0.239 e. The van der Waals surface area contributed by atoms with Crippen LogP contribution in [-0.2, 0) is 17.1 Å². The van der Waals surface area contributed by atoms with Gasteiger partial charge in [-0.1, -0.05) is 0 Å². The lowest BCUT2D eigenvalue weighted by molar-refractivity contribution is 0.597. The summed E-state index contributed by atoms with van der Waals surface area (Å²) in [5.74, 6) is 0. The van der Waals surface area contributed by atoms with Crippen molar-refractivity contribution in [3.05, 3.63) is 24.5 Å². The number of pyridine rings is 1. The molecule has 0 aromatic carbocycles. The van der Waals surface area contributed by atoms with Crippen molar-refractivity contribution in [2.75, 3.05) is 0 Å². The number of hydrogen-bond acceptors (Lipinski definition) is 3. The van der Waals surface area contributed by atoms with Crippen molar-refractivity contribution in [2.45, 2.75) is 4.90 Å². The number of nitrogens with two attached hydrogens (primary N) is 1. The van der Waals surface area contributed by atoms with Gasteiger partial charge in [0.05, 0.1) is 0 Å². The molecule has 5 nitrogen and oxygen atoms in total. The summed E-state index contributed by atoms with van der Waals surface area (Å²) in [6.07, 6.45) is 3.07. The number of primary sulfonamides is 1. The minimum atomic E-state index is -3.66. The zero-order valence-electron chi connectivity index (χ0n) is 7.51. The molecule has 0 saturated carbocycles. The fourth-order valence-corrected chi connectivity index (χ4v) is 1.78. The Morgan fingerprint density at radius 2 is 2.21 bits per heavy atom. The van der Waals surface area contributed by atoms with Crippen LogP contribution in [0.25, 0.3) is 11.0 Å². The Balaban J connectivity index is 2.76. The molecule has 0 aliphatic rings. The minimum absolute atomic E-state index is 0.0381. The van der Waals surface area contributed by atoms with Crippen molar-refractivity contribution >= 4 is 21.1 Å². The second-order valence-electron chi connectivity index (χ2n) is 3.06. The molecule has 2 aromatic heterocycles. The molecule has 0 spiro atoms. The molecule has 0 bridgehead atoms. The largest absolute Gasteiger partial charge is 0.336 e. The van der Waals surface area contributed by atoms with E-state index in [1.807, 2.05) is 17.8 Å². The fraction of sp³-hybridized carbons (Fsp3) is 0.125. The molecule has 0 aliphatic carbocycles. The highest BCUT2D eigenvalue weighted by Crippen LogP contribution is 2.15. The molecule has 2 rings (SSSR count). The summed E-state index contributed by atoms with van der Waals surface area (Å²) in [6.45, 7) is 0. The van der Waals surface area contributed by atoms with Gasteiger partial charge in [0.1, 0.15) is 10.5 Å². The summed E-state index contributed by atoms with van der Waals surface area (Å²) in [6, 6.07) is 3.30. The Morgan fingerprint density at radius 3 is 2.86 bits per heavy atom. The molecular weight excluding hydrogens is 202 g/mol. The first-order valence-electron chi connectivity index (χ1n) is 3.92. The van der Waals surface area contributed by atoms with E-state index in [1.165, 1.54) is 12.3 Å². The van der Waals surface area contributed by atoms with Crippen LogP contribution in [0, 0.1) is 0 Å². The Bertz CT molecular complexity index is 586. The van der Waals surface area contributed by atoms with E-state index in [9.17, 15) is 8.42 Å². The topological polar surface area (TPSA) is 78.0 Å². The number of hydrogen-bond donors (Lipinski definition) is 1. The van der Waals surface area contributed by atoms with Crippen LogP contribution in [0.2, 0.25) is 0 Å². The molecular formula is C8H9N3O2S. The lowest BCUT2D eigenvalue weighted by atomic mass is 10.3. The zero-order chi connectivity index (χ0) is 10.3. The summed E-state index contributed by atoms with van der Waals surface area (Å²) < 4.78 is 23.8. The highest BCUT2D eigenvalue weighted by molar-refractivity contribution is 7.89. The van der Waals surface area contributed by atoms with Gasteiger partial charge >= 0.3 is 0 Å². The van der Waals surface area contributed by atoms with Crippen molar-refractivity contribution < 1.29 is 8.42 Å². The minimum Gasteiger partial charge on any atom is -0.336 e. The Labute approximate surface area is 81.2 Å². The van der Waals surface area contributed by atoms with E-state index < -0.39 is 10.0 Å². The molecule has 0 radical (unpaired) electrons. The average molecular weight is 211 g/mol. The van der Waals surface area contributed by atoms with Crippen LogP contribution in [0.15, 0.2) is 29.4 Å². The fourth-order valence-electron chi connectivity index (χ4n) is 1.29. The van der Waals surface area contributed by atoms with Gasteiger partial charge in [0, 0.05) is 24.8 Å². The van der Waals surface area contributed by atoms with Crippen molar-refractivity contribution in [1.82, 2.24) is 9.55 Å². The van der Waals surface area contributed by atoms with Gasteiger partial charge in [0.2, 0.25) is 10.0 Å². The number of nitrogens with zero attached hydrogens (tertiary/aromatic N) is 2. The van der Waals surface area contributed by atoms with Crippen molar-refractivity contribution in [2.24, 2.45) is 12.2 Å². The third-order valence-corrected chi connectivity index (χ3v) is 2.89. The maximum absolute atomic E-state index is 11.0. The lowest BCUT2D eigenvalue weighted by Gasteiger charge is -1.98. The summed E-state index contributed by atoms with van der Waals surface area (Å²) in [5, 5.41) is 5.74. The normalized spacial score (nSPS) is 12.1. The summed E-state index contributed by atoms with van der Waals surface area (Å²) in [4.78, 5) is 4.05. The Morgan fingerprint density at radius 1 is 1.50 bits per heavy atom. The first kappa shape index (κ1) is 9.17. The summed E-state index contributed by atoms with van der Waals surface area (Å²) in [7, 11) is -1.82. The third kappa shape index (κ3) is 1.38. The van der Waals surface area contributed by atoms with Crippen molar-refractivity contribution in [1.29, 1.82) is 0 Å². The molecule has 0 amide bonds. The van der Waals surface area contributed by atoms with Gasteiger partial charge in [0.25, 0.3) is 0 Å². The Kier molecular flexibility index (Phi) is 1.83. The van der Waals surface area contributed by atoms with Crippen molar-refractivity contribution in [3.8, 4) is 0 Å². The van der Waals surface area contributed by atoms with Gasteiger partial charge in [-0.2, -0.15) is 0 Å². The number of fused-ring (bicyclic) bond motifs is 1. The average Bonchev–Trinajstić information content (AvgIpc) is 2.46. The van der Waals surface area contributed by atoms with Crippen LogP contribution in [-0.4, -0.2) is 18.0 Å². The molecule has 2 heterocycles. The van der Waals surface area contributed by atoms with Crippen LogP contribution < -0.4 is 5.14 Å². The number of aryl methyl sites for hydroxylation is 1. The number of sulfonamides is 1. The molecule has 0 atom stereocenters. The van der Waals surface area contributed by atoms with Gasteiger partial charge in [-0.25, -0.2) is 18.5 Å². The molecule has 2 aromatic rings. The highest BCUT2D eigenvalue weighted by atomic mass is 32.2. The molecule has 0 aliphatic heterocycles. The molecule has 0 saturated heterocycles. The first-order chi connectivity index (χ1) is 6.48. The molecule has 2 N–H and O–H groups in total. The van der Waals surface area contributed by atoms with Crippen LogP contribution in [0.3, 0.4) is 0 Å². The second-order valence-corrected chi connectivity index (χ2v) is 4.62. The zero-order valence-corrected chi connectivity index (χ0v) is 8.32. The second kappa shape index (κ2) is 2.79. The lowest BCUT2D eigenvalue weighted by Crippen LogP contribution is -2.12. The predicted molar refractivity (Wildman–Crippen MR) is 52.1 cm³/mol. The van der Waals surface area contributed by atoms with Crippen molar-refractivity contribution in [3.63, 3.8) is 0 Å². The van der Waals surface area contributed by atoms with Crippen LogP contribution >= 0.6 is 0 Å². The molecule has 74 valence electrons. The molecule has 0 unspecified atom stereocenters. The summed E-state index contributed by atoms with van der Waals surface area (Å²) in [5.41, 5.74) is 0.734. The predicted octanol–water partition coefficient (Wildman–Crippen LogP) is 0.221. The van der Waals surface area contributed by atoms with E-state index >= 15 is 0 Å². The quantitative estimate of drug-likeness (QED) is 0.733. The van der Waals surface area contributed by atoms with Crippen LogP contribution in [0.4, 0.5) is 0 Å². The number of aromatic nitrogens is 2. The smallest absolute Gasteiger partial charge is 0.239 e. The highest BCUT2D eigenvalue weighted by Gasteiger charge is 2.09. The third-order valence-electron chi connectivity index (χ3n) is 2.01. The van der Waals surface area contributed by atoms with Gasteiger partial charge in [-0.3, -0.25) is 0 Å². The van der Waals surface area contributed by atoms with E-state index in [0.717, 1.165) is 11.0 Å². The van der Waals surface area contributed by atoms with E-state index in [2.05, 4.69) is 4.98 Å². The van der Waals surface area contributed by atoms with E-state index in [-0.39, 0.29) is 4.90 Å². The summed E-state index contributed by atoms with van der Waals surface area (Å²) >= 11 is 0. The number of rotatable bonds is 1.